The molecule has 9 heteroatoms. The molecule has 0 radical (unpaired) electrons. The fourth-order valence-corrected chi connectivity index (χ4v) is 3.68. The fraction of sp³-hybridized carbons (Fsp3) is 0.500. The molecule has 0 aliphatic rings. The lowest BCUT2D eigenvalue weighted by Crippen LogP contribution is -2.32. The van der Waals surface area contributed by atoms with E-state index in [-0.39, 0.29) is 4.90 Å². The second-order valence-corrected chi connectivity index (χ2v) is 9.10. The van der Waals surface area contributed by atoms with Crippen LogP contribution in [-0.4, -0.2) is 35.5 Å². The number of nitrogens with zero attached hydrogens (tertiary/aromatic N) is 1. The number of carbonyl (C=O) groups is 1. The summed E-state index contributed by atoms with van der Waals surface area (Å²) >= 11 is 16.4. The molecule has 0 fully saturated rings. The molecule has 0 aromatic heterocycles. The van der Waals surface area contributed by atoms with Crippen LogP contribution in [0, 0.1) is 0 Å². The minimum absolute atomic E-state index is 0.159. The average Bonchev–Trinajstić information content (AvgIpc) is 2.46. The lowest BCUT2D eigenvalue weighted by molar-refractivity contribution is -0.115. The average molecular weight is 402 g/mol. The molecule has 0 bridgehead atoms. The normalized spacial score (nSPS) is 12.4. The van der Waals surface area contributed by atoms with Crippen LogP contribution in [0.1, 0.15) is 26.7 Å². The molecule has 0 spiro atoms. The molecule has 23 heavy (non-hydrogen) atoms. The number of carbonyl (C=O) groups excluding carboxylic acids is 1. The first-order valence-corrected chi connectivity index (χ1v) is 9.68. The summed E-state index contributed by atoms with van der Waals surface area (Å²) in [6.45, 7) is 4.77. The minimum atomic E-state index is -3.56. The zero-order valence-corrected chi connectivity index (χ0v) is 15.9. The number of nitrogens with one attached hydrogen (secondary N) is 1. The van der Waals surface area contributed by atoms with Gasteiger partial charge in [-0.2, -0.15) is 4.31 Å². The Hall–Kier alpha value is -0.530. The van der Waals surface area contributed by atoms with E-state index in [4.69, 9.17) is 34.8 Å². The quantitative estimate of drug-likeness (QED) is 0.707. The van der Waals surface area contributed by atoms with E-state index < -0.39 is 19.7 Å². The van der Waals surface area contributed by atoms with Crippen molar-refractivity contribution in [3.63, 3.8) is 0 Å². The van der Waals surface area contributed by atoms with Crippen molar-refractivity contribution in [2.45, 2.75) is 35.4 Å². The Labute approximate surface area is 151 Å². The van der Waals surface area contributed by atoms with Crippen LogP contribution in [0.25, 0.3) is 0 Å². The maximum Gasteiger partial charge on any atom is 0.276 e. The Kier molecular flexibility index (Phi) is 7.61. The van der Waals surface area contributed by atoms with E-state index in [1.165, 1.54) is 28.6 Å². The number of anilines is 1. The molecule has 1 aromatic rings. The van der Waals surface area contributed by atoms with Gasteiger partial charge in [0.25, 0.3) is 9.70 Å². The van der Waals surface area contributed by atoms with Crippen molar-refractivity contribution in [3.05, 3.63) is 24.3 Å². The Morgan fingerprint density at radius 3 is 1.96 bits per heavy atom. The van der Waals surface area contributed by atoms with Gasteiger partial charge in [-0.3, -0.25) is 4.79 Å². The van der Waals surface area contributed by atoms with E-state index in [2.05, 4.69) is 5.32 Å². The van der Waals surface area contributed by atoms with Crippen LogP contribution in [0.2, 0.25) is 0 Å². The van der Waals surface area contributed by atoms with Gasteiger partial charge in [0.05, 0.1) is 4.90 Å². The highest BCUT2D eigenvalue weighted by molar-refractivity contribution is 7.89. The van der Waals surface area contributed by atoms with Gasteiger partial charge in [-0.1, -0.05) is 48.7 Å². The molecule has 1 rings (SSSR count). The first-order chi connectivity index (χ1) is 10.6. The van der Waals surface area contributed by atoms with Crippen molar-refractivity contribution >= 4 is 56.4 Å². The number of sulfonamides is 1. The molecule has 0 atom stereocenters. The molecule has 0 saturated carbocycles. The van der Waals surface area contributed by atoms with Gasteiger partial charge in [-0.15, -0.1) is 0 Å². The summed E-state index contributed by atoms with van der Waals surface area (Å²) in [6, 6.07) is 5.75. The largest absolute Gasteiger partial charge is 0.322 e. The van der Waals surface area contributed by atoms with Crippen molar-refractivity contribution in [3.8, 4) is 0 Å². The maximum atomic E-state index is 12.6. The zero-order valence-electron chi connectivity index (χ0n) is 12.9. The number of hydrogen-bond donors (Lipinski definition) is 1. The zero-order chi connectivity index (χ0) is 17.7. The molecule has 130 valence electrons. The third-order valence-corrected chi connectivity index (χ3v) is 5.38. The molecular formula is C14H19Cl3N2O3S. The van der Waals surface area contributed by atoms with Gasteiger partial charge in [0.15, 0.2) is 0 Å². The lowest BCUT2D eigenvalue weighted by Gasteiger charge is -2.21. The molecular weight excluding hydrogens is 383 g/mol. The molecule has 1 N–H and O–H groups in total. The smallest absolute Gasteiger partial charge is 0.276 e. The summed E-state index contributed by atoms with van der Waals surface area (Å²) in [5.41, 5.74) is 0.345. The van der Waals surface area contributed by atoms with Crippen LogP contribution in [0.5, 0.6) is 0 Å². The summed E-state index contributed by atoms with van der Waals surface area (Å²) in [5, 5.41) is 2.40. The second kappa shape index (κ2) is 8.53. The number of halogens is 3. The fourth-order valence-electron chi connectivity index (χ4n) is 1.91. The first kappa shape index (κ1) is 20.5. The summed E-state index contributed by atoms with van der Waals surface area (Å²) in [7, 11) is -3.56. The van der Waals surface area contributed by atoms with Gasteiger partial charge in [0.2, 0.25) is 10.0 Å². The number of amides is 1. The van der Waals surface area contributed by atoms with Crippen molar-refractivity contribution in [2.24, 2.45) is 0 Å². The SMILES string of the molecule is CCCN(CCC)S(=O)(=O)c1ccc(NC(=O)C(Cl)(Cl)Cl)cc1. The first-order valence-electron chi connectivity index (χ1n) is 7.11. The Morgan fingerprint density at radius 1 is 1.09 bits per heavy atom. The van der Waals surface area contributed by atoms with Crippen LogP contribution in [0.15, 0.2) is 29.2 Å². The van der Waals surface area contributed by atoms with E-state index in [1.807, 2.05) is 13.8 Å². The molecule has 0 heterocycles. The van der Waals surface area contributed by atoms with Gasteiger partial charge in [0.1, 0.15) is 0 Å². The van der Waals surface area contributed by atoms with Crippen molar-refractivity contribution in [2.75, 3.05) is 18.4 Å². The minimum Gasteiger partial charge on any atom is -0.322 e. The monoisotopic (exact) mass is 400 g/mol. The van der Waals surface area contributed by atoms with E-state index in [0.29, 0.717) is 18.8 Å². The number of rotatable bonds is 7. The molecule has 1 amide bonds. The van der Waals surface area contributed by atoms with E-state index in [0.717, 1.165) is 12.8 Å². The predicted molar refractivity (Wildman–Crippen MR) is 94.7 cm³/mol. The Morgan fingerprint density at radius 2 is 1.57 bits per heavy atom. The highest BCUT2D eigenvalue weighted by atomic mass is 35.6. The van der Waals surface area contributed by atoms with Crippen LogP contribution < -0.4 is 5.32 Å². The van der Waals surface area contributed by atoms with E-state index >= 15 is 0 Å². The highest BCUT2D eigenvalue weighted by Gasteiger charge is 2.30. The number of alkyl halides is 3. The van der Waals surface area contributed by atoms with E-state index in [1.54, 1.807) is 0 Å². The molecule has 0 aliphatic heterocycles. The van der Waals surface area contributed by atoms with Crippen LogP contribution in [0.3, 0.4) is 0 Å². The van der Waals surface area contributed by atoms with Gasteiger partial charge in [-0.05, 0) is 37.1 Å². The maximum absolute atomic E-state index is 12.6. The molecule has 5 nitrogen and oxygen atoms in total. The summed E-state index contributed by atoms with van der Waals surface area (Å²) in [6.07, 6.45) is 1.47. The van der Waals surface area contributed by atoms with Gasteiger partial charge < -0.3 is 5.32 Å². The Balaban J connectivity index is 2.96. The second-order valence-electron chi connectivity index (χ2n) is 4.88. The van der Waals surface area contributed by atoms with E-state index in [9.17, 15) is 13.2 Å². The lowest BCUT2D eigenvalue weighted by atomic mass is 10.3. The van der Waals surface area contributed by atoms with Crippen LogP contribution in [0.4, 0.5) is 5.69 Å². The van der Waals surface area contributed by atoms with Crippen molar-refractivity contribution < 1.29 is 13.2 Å². The number of hydrogen-bond acceptors (Lipinski definition) is 3. The standard InChI is InChI=1S/C14H19Cl3N2O3S/c1-3-9-19(10-4-2)23(21,22)12-7-5-11(6-8-12)18-13(20)14(15,16)17/h5-8H,3-4,9-10H2,1-2H3,(H,18,20). The summed E-state index contributed by atoms with van der Waals surface area (Å²) in [5.74, 6) is -0.809. The van der Waals surface area contributed by atoms with Crippen LogP contribution >= 0.6 is 34.8 Å². The third kappa shape index (κ3) is 5.80. The molecule has 1 aromatic carbocycles. The van der Waals surface area contributed by atoms with Gasteiger partial charge in [-0.25, -0.2) is 8.42 Å². The molecule has 0 aliphatic carbocycles. The summed E-state index contributed by atoms with van der Waals surface area (Å²) < 4.78 is 24.5. The predicted octanol–water partition coefficient (Wildman–Crippen LogP) is 3.81. The number of benzene rings is 1. The highest BCUT2D eigenvalue weighted by Crippen LogP contribution is 2.28. The Bertz CT molecular complexity index is 622. The topological polar surface area (TPSA) is 66.5 Å². The van der Waals surface area contributed by atoms with Gasteiger partial charge >= 0.3 is 0 Å². The molecule has 0 saturated heterocycles. The van der Waals surface area contributed by atoms with Gasteiger partial charge in [0, 0.05) is 18.8 Å². The van der Waals surface area contributed by atoms with Crippen molar-refractivity contribution in [1.29, 1.82) is 0 Å². The molecule has 0 unspecified atom stereocenters. The third-order valence-electron chi connectivity index (χ3n) is 2.95. The summed E-state index contributed by atoms with van der Waals surface area (Å²) in [4.78, 5) is 11.7. The van der Waals surface area contributed by atoms with Crippen molar-refractivity contribution in [1.82, 2.24) is 4.31 Å². The van der Waals surface area contributed by atoms with Crippen LogP contribution in [-0.2, 0) is 14.8 Å².